The summed E-state index contributed by atoms with van der Waals surface area (Å²) in [6.07, 6.45) is 1.45. The quantitative estimate of drug-likeness (QED) is 0.755. The van der Waals surface area contributed by atoms with Crippen LogP contribution in [0.1, 0.15) is 50.0 Å². The maximum atomic E-state index is 12.4. The Bertz CT molecular complexity index is 805. The van der Waals surface area contributed by atoms with Crippen LogP contribution in [0.25, 0.3) is 0 Å². The molecule has 5 nitrogen and oxygen atoms in total. The Hall–Kier alpha value is -2.47. The van der Waals surface area contributed by atoms with Crippen molar-refractivity contribution in [3.05, 3.63) is 58.6 Å². The van der Waals surface area contributed by atoms with E-state index in [-0.39, 0.29) is 29.7 Å². The van der Waals surface area contributed by atoms with Gasteiger partial charge in [0.1, 0.15) is 5.01 Å². The summed E-state index contributed by atoms with van der Waals surface area (Å²) in [6, 6.07) is 7.07. The molecule has 0 spiro atoms. The van der Waals surface area contributed by atoms with Crippen molar-refractivity contribution >= 4 is 28.8 Å². The summed E-state index contributed by atoms with van der Waals surface area (Å²) < 4.78 is 0. The van der Waals surface area contributed by atoms with Gasteiger partial charge in [0.15, 0.2) is 0 Å². The highest BCUT2D eigenvalue weighted by molar-refractivity contribution is 7.09. The average Bonchev–Trinajstić information content (AvgIpc) is 3.05. The van der Waals surface area contributed by atoms with Gasteiger partial charge in [0.2, 0.25) is 11.8 Å². The molecule has 1 aromatic heterocycles. The van der Waals surface area contributed by atoms with E-state index in [1.54, 1.807) is 29.5 Å². The number of anilines is 1. The van der Waals surface area contributed by atoms with Gasteiger partial charge in [-0.25, -0.2) is 4.98 Å². The zero-order valence-electron chi connectivity index (χ0n) is 15.6. The van der Waals surface area contributed by atoms with E-state index in [1.807, 2.05) is 18.4 Å². The monoisotopic (exact) mass is 371 g/mol. The van der Waals surface area contributed by atoms with Crippen molar-refractivity contribution < 1.29 is 9.59 Å². The van der Waals surface area contributed by atoms with E-state index < -0.39 is 0 Å². The highest BCUT2D eigenvalue weighted by Gasteiger charge is 2.20. The zero-order chi connectivity index (χ0) is 19.3. The molecule has 2 amide bonds. The first kappa shape index (κ1) is 19.8. The van der Waals surface area contributed by atoms with Crippen molar-refractivity contribution in [1.82, 2.24) is 10.3 Å². The molecule has 0 aliphatic carbocycles. The fourth-order valence-corrected chi connectivity index (χ4v) is 3.38. The zero-order valence-corrected chi connectivity index (χ0v) is 16.4. The number of hydrogen-bond acceptors (Lipinski definition) is 4. The molecule has 0 aliphatic rings. The number of carbonyl (C=O) groups is 2. The fourth-order valence-electron chi connectivity index (χ4n) is 2.32. The highest BCUT2D eigenvalue weighted by atomic mass is 32.1. The lowest BCUT2D eigenvalue weighted by molar-refractivity contribution is -0.121. The Morgan fingerprint density at radius 3 is 2.69 bits per heavy atom. The predicted octanol–water partition coefficient (Wildman–Crippen LogP) is 3.99. The number of benzene rings is 1. The maximum absolute atomic E-state index is 12.4. The third-order valence-corrected chi connectivity index (χ3v) is 4.81. The molecule has 2 rings (SSSR count). The first-order valence-corrected chi connectivity index (χ1v) is 9.34. The van der Waals surface area contributed by atoms with Crippen LogP contribution in [0.2, 0.25) is 0 Å². The topological polar surface area (TPSA) is 71.1 Å². The first-order valence-electron chi connectivity index (χ1n) is 8.46. The summed E-state index contributed by atoms with van der Waals surface area (Å²) in [7, 11) is 0. The summed E-state index contributed by atoms with van der Waals surface area (Å²) in [5.74, 6) is -0.365. The summed E-state index contributed by atoms with van der Waals surface area (Å²) in [6.45, 7) is 11.7. The molecule has 0 aliphatic heterocycles. The minimum Gasteiger partial charge on any atom is -0.347 e. The molecule has 1 heterocycles. The molecule has 0 saturated heterocycles. The number of rotatable bonds is 6. The van der Waals surface area contributed by atoms with Gasteiger partial charge in [-0.1, -0.05) is 39.5 Å². The van der Waals surface area contributed by atoms with Crippen LogP contribution in [0, 0.1) is 0 Å². The van der Waals surface area contributed by atoms with E-state index in [4.69, 9.17) is 0 Å². The molecule has 138 valence electrons. The molecule has 0 saturated carbocycles. The van der Waals surface area contributed by atoms with Crippen molar-refractivity contribution in [1.29, 1.82) is 0 Å². The van der Waals surface area contributed by atoms with Crippen LogP contribution in [-0.4, -0.2) is 16.8 Å². The molecule has 2 N–H and O–H groups in total. The molecule has 0 radical (unpaired) electrons. The molecule has 0 fully saturated rings. The average molecular weight is 372 g/mol. The largest absolute Gasteiger partial charge is 0.347 e. The Morgan fingerprint density at radius 1 is 1.35 bits per heavy atom. The van der Waals surface area contributed by atoms with Crippen molar-refractivity contribution in [2.75, 3.05) is 5.32 Å². The van der Waals surface area contributed by atoms with Crippen LogP contribution in [0.3, 0.4) is 0 Å². The van der Waals surface area contributed by atoms with Gasteiger partial charge in [-0.05, 0) is 30.7 Å². The Balaban J connectivity index is 1.98. The third-order valence-electron chi connectivity index (χ3n) is 3.78. The molecule has 1 atom stereocenters. The Kier molecular flexibility index (Phi) is 6.32. The third kappa shape index (κ3) is 5.52. The van der Waals surface area contributed by atoms with Crippen molar-refractivity contribution in [3.63, 3.8) is 0 Å². The Morgan fingerprint density at radius 2 is 2.08 bits per heavy atom. The molecule has 0 bridgehead atoms. The van der Waals surface area contributed by atoms with Crippen molar-refractivity contribution in [2.45, 2.75) is 45.6 Å². The molecule has 6 heteroatoms. The highest BCUT2D eigenvalue weighted by Crippen LogP contribution is 2.26. The lowest BCUT2D eigenvalue weighted by Gasteiger charge is -2.15. The van der Waals surface area contributed by atoms with E-state index in [2.05, 4.69) is 43.0 Å². The number of amides is 2. The van der Waals surface area contributed by atoms with Gasteiger partial charge in [0.05, 0.1) is 18.2 Å². The lowest BCUT2D eigenvalue weighted by atomic mass is 9.93. The minimum atomic E-state index is -0.279. The standard InChI is InChI=1S/C20H25N3O2S/c1-6-17(24)22-15-9-7-8-14(10-15)11-18(25)21-13(2)19-23-16(12-26-19)20(3,4)5/h6-10,12-13H,1,11H2,2-5H3,(H,21,25)(H,22,24). The van der Waals surface area contributed by atoms with Crippen molar-refractivity contribution in [2.24, 2.45) is 0 Å². The van der Waals surface area contributed by atoms with Gasteiger partial charge in [-0.2, -0.15) is 0 Å². The summed E-state index contributed by atoms with van der Waals surface area (Å²) >= 11 is 1.56. The molecular weight excluding hydrogens is 346 g/mol. The number of hydrogen-bond donors (Lipinski definition) is 2. The molecule has 2 aromatic rings. The second kappa shape index (κ2) is 8.27. The van der Waals surface area contributed by atoms with Gasteiger partial charge < -0.3 is 10.6 Å². The Labute approximate surface area is 158 Å². The predicted molar refractivity (Wildman–Crippen MR) is 106 cm³/mol. The number of carbonyl (C=O) groups excluding carboxylic acids is 2. The summed E-state index contributed by atoms with van der Waals surface area (Å²) in [5, 5.41) is 8.62. The second-order valence-corrected chi connectivity index (χ2v) is 8.07. The van der Waals surface area contributed by atoms with Crippen LogP contribution in [-0.2, 0) is 21.4 Å². The van der Waals surface area contributed by atoms with E-state index in [0.29, 0.717) is 5.69 Å². The van der Waals surface area contributed by atoms with E-state index in [0.717, 1.165) is 16.3 Å². The van der Waals surface area contributed by atoms with Crippen LogP contribution in [0.5, 0.6) is 0 Å². The van der Waals surface area contributed by atoms with Gasteiger partial charge in [-0.15, -0.1) is 11.3 Å². The SMILES string of the molecule is C=CC(=O)Nc1cccc(CC(=O)NC(C)c2nc(C(C)(C)C)cs2)c1. The molecule has 1 unspecified atom stereocenters. The maximum Gasteiger partial charge on any atom is 0.247 e. The molecule has 26 heavy (non-hydrogen) atoms. The number of aromatic nitrogens is 1. The van der Waals surface area contributed by atoms with Crippen molar-refractivity contribution in [3.8, 4) is 0 Å². The molecule has 1 aromatic carbocycles. The minimum absolute atomic E-state index is 0.00517. The van der Waals surface area contributed by atoms with E-state index >= 15 is 0 Å². The number of nitrogens with zero attached hydrogens (tertiary/aromatic N) is 1. The number of nitrogens with one attached hydrogen (secondary N) is 2. The summed E-state index contributed by atoms with van der Waals surface area (Å²) in [5.41, 5.74) is 2.49. The van der Waals surface area contributed by atoms with Gasteiger partial charge in [0, 0.05) is 16.5 Å². The first-order chi connectivity index (χ1) is 12.2. The van der Waals surface area contributed by atoms with Crippen LogP contribution in [0.15, 0.2) is 42.3 Å². The van der Waals surface area contributed by atoms with Crippen LogP contribution >= 0.6 is 11.3 Å². The van der Waals surface area contributed by atoms with Gasteiger partial charge in [-0.3, -0.25) is 9.59 Å². The smallest absolute Gasteiger partial charge is 0.247 e. The van der Waals surface area contributed by atoms with E-state index in [9.17, 15) is 9.59 Å². The summed E-state index contributed by atoms with van der Waals surface area (Å²) in [4.78, 5) is 28.4. The van der Waals surface area contributed by atoms with Gasteiger partial charge in [0.25, 0.3) is 0 Å². The van der Waals surface area contributed by atoms with Gasteiger partial charge >= 0.3 is 0 Å². The number of thiazole rings is 1. The van der Waals surface area contributed by atoms with Crippen LogP contribution < -0.4 is 10.6 Å². The fraction of sp³-hybridized carbons (Fsp3) is 0.350. The second-order valence-electron chi connectivity index (χ2n) is 7.18. The lowest BCUT2D eigenvalue weighted by Crippen LogP contribution is -2.28. The van der Waals surface area contributed by atoms with Crippen LogP contribution in [0.4, 0.5) is 5.69 Å². The van der Waals surface area contributed by atoms with E-state index in [1.165, 1.54) is 6.08 Å². The normalized spacial score (nSPS) is 12.3. The molecular formula is C20H25N3O2S.